The molecule has 1 heterocycles. The predicted octanol–water partition coefficient (Wildman–Crippen LogP) is 1.04. The Balaban J connectivity index is 2.93. The summed E-state index contributed by atoms with van der Waals surface area (Å²) in [6.45, 7) is 5.15. The largest absolute Gasteiger partial charge is 0.477 e. The Morgan fingerprint density at radius 3 is 2.82 bits per heavy atom. The highest BCUT2D eigenvalue weighted by molar-refractivity contribution is 5.85. The molecular formula is C11H17N3O3. The van der Waals surface area contributed by atoms with Crippen LogP contribution in [0.2, 0.25) is 0 Å². The minimum atomic E-state index is -1.05. The fourth-order valence-electron chi connectivity index (χ4n) is 1.38. The summed E-state index contributed by atoms with van der Waals surface area (Å²) >= 11 is 0. The smallest absolute Gasteiger partial charge is 0.354 e. The summed E-state index contributed by atoms with van der Waals surface area (Å²) in [6.07, 6.45) is 1.45. The van der Waals surface area contributed by atoms with Crippen LogP contribution in [0.15, 0.2) is 12.3 Å². The van der Waals surface area contributed by atoms with Crippen molar-refractivity contribution in [3.63, 3.8) is 0 Å². The topological polar surface area (TPSA) is 75.5 Å². The summed E-state index contributed by atoms with van der Waals surface area (Å²) in [5.74, 6) is -0.638. The van der Waals surface area contributed by atoms with Gasteiger partial charge in [0.05, 0.1) is 6.61 Å². The summed E-state index contributed by atoms with van der Waals surface area (Å²) in [4.78, 5) is 20.8. The van der Waals surface area contributed by atoms with Gasteiger partial charge in [-0.2, -0.15) is 0 Å². The van der Waals surface area contributed by atoms with Gasteiger partial charge in [-0.3, -0.25) is 0 Å². The van der Waals surface area contributed by atoms with E-state index < -0.39 is 5.97 Å². The van der Waals surface area contributed by atoms with Gasteiger partial charge < -0.3 is 14.7 Å². The molecule has 0 saturated carbocycles. The summed E-state index contributed by atoms with van der Waals surface area (Å²) in [6, 6.07) is 1.55. The molecule has 94 valence electrons. The number of aromatic nitrogens is 2. The molecule has 1 aromatic heterocycles. The zero-order valence-corrected chi connectivity index (χ0v) is 10.3. The van der Waals surface area contributed by atoms with Crippen molar-refractivity contribution < 1.29 is 14.6 Å². The highest BCUT2D eigenvalue weighted by Crippen LogP contribution is 2.11. The average molecular weight is 239 g/mol. The molecule has 0 fully saturated rings. The molecule has 6 nitrogen and oxygen atoms in total. The summed E-state index contributed by atoms with van der Waals surface area (Å²) in [5.41, 5.74) is -0.00179. The molecule has 0 saturated heterocycles. The normalized spacial score (nSPS) is 10.6. The molecule has 0 aromatic carbocycles. The van der Waals surface area contributed by atoms with Crippen molar-refractivity contribution in [3.05, 3.63) is 18.0 Å². The van der Waals surface area contributed by atoms with Gasteiger partial charge in [-0.25, -0.2) is 14.8 Å². The molecule has 0 aliphatic heterocycles. The van der Waals surface area contributed by atoms with E-state index in [4.69, 9.17) is 9.84 Å². The van der Waals surface area contributed by atoms with Crippen molar-refractivity contribution >= 4 is 11.9 Å². The monoisotopic (exact) mass is 239 g/mol. The first kappa shape index (κ1) is 13.4. The van der Waals surface area contributed by atoms with Crippen LogP contribution in [0.3, 0.4) is 0 Å². The number of aromatic carboxylic acids is 1. The third-order valence-electron chi connectivity index (χ3n) is 2.28. The lowest BCUT2D eigenvalue weighted by molar-refractivity contribution is 0.0690. The van der Waals surface area contributed by atoms with Gasteiger partial charge in [0.15, 0.2) is 5.69 Å². The third kappa shape index (κ3) is 3.67. The van der Waals surface area contributed by atoms with Crippen molar-refractivity contribution in [2.75, 3.05) is 25.2 Å². The summed E-state index contributed by atoms with van der Waals surface area (Å²) in [5, 5.41) is 8.87. The number of ether oxygens (including phenoxy) is 1. The SMILES string of the molecule is COCCN(c1nccc(C(=O)O)n1)C(C)C. The van der Waals surface area contributed by atoms with E-state index >= 15 is 0 Å². The zero-order chi connectivity index (χ0) is 12.8. The third-order valence-corrected chi connectivity index (χ3v) is 2.28. The van der Waals surface area contributed by atoms with Crippen LogP contribution in [0.5, 0.6) is 0 Å². The molecule has 0 unspecified atom stereocenters. The quantitative estimate of drug-likeness (QED) is 0.799. The molecule has 0 spiro atoms. The molecule has 0 amide bonds. The van der Waals surface area contributed by atoms with E-state index in [2.05, 4.69) is 9.97 Å². The number of hydrogen-bond acceptors (Lipinski definition) is 5. The average Bonchev–Trinajstić information content (AvgIpc) is 2.29. The Morgan fingerprint density at radius 2 is 2.29 bits per heavy atom. The predicted molar refractivity (Wildman–Crippen MR) is 63.3 cm³/mol. The van der Waals surface area contributed by atoms with Crippen molar-refractivity contribution in [2.45, 2.75) is 19.9 Å². The lowest BCUT2D eigenvalue weighted by Gasteiger charge is -2.26. The van der Waals surface area contributed by atoms with Crippen molar-refractivity contribution in [1.29, 1.82) is 0 Å². The molecule has 1 N–H and O–H groups in total. The Labute approximate surface area is 100 Å². The first-order chi connectivity index (χ1) is 8.06. The van der Waals surface area contributed by atoms with Gasteiger partial charge in [0.25, 0.3) is 0 Å². The Hall–Kier alpha value is -1.69. The second-order valence-electron chi connectivity index (χ2n) is 3.83. The van der Waals surface area contributed by atoms with Gasteiger partial charge in [-0.1, -0.05) is 0 Å². The highest BCUT2D eigenvalue weighted by atomic mass is 16.5. The van der Waals surface area contributed by atoms with Crippen LogP contribution in [0.4, 0.5) is 5.95 Å². The highest BCUT2D eigenvalue weighted by Gasteiger charge is 2.15. The van der Waals surface area contributed by atoms with E-state index in [-0.39, 0.29) is 11.7 Å². The Bertz CT molecular complexity index is 382. The van der Waals surface area contributed by atoms with E-state index in [0.29, 0.717) is 19.1 Å². The van der Waals surface area contributed by atoms with Gasteiger partial charge in [0.1, 0.15) is 0 Å². The van der Waals surface area contributed by atoms with E-state index in [9.17, 15) is 4.79 Å². The first-order valence-corrected chi connectivity index (χ1v) is 5.38. The van der Waals surface area contributed by atoms with E-state index in [1.165, 1.54) is 12.3 Å². The lowest BCUT2D eigenvalue weighted by atomic mass is 10.3. The second kappa shape index (κ2) is 6.15. The van der Waals surface area contributed by atoms with E-state index in [0.717, 1.165) is 0 Å². The minimum Gasteiger partial charge on any atom is -0.477 e. The molecule has 1 rings (SSSR count). The molecular weight excluding hydrogens is 222 g/mol. The molecule has 0 radical (unpaired) electrons. The molecule has 6 heteroatoms. The maximum atomic E-state index is 10.8. The maximum absolute atomic E-state index is 10.8. The number of anilines is 1. The number of carbonyl (C=O) groups is 1. The van der Waals surface area contributed by atoms with Crippen LogP contribution >= 0.6 is 0 Å². The van der Waals surface area contributed by atoms with Crippen molar-refractivity contribution in [2.24, 2.45) is 0 Å². The summed E-state index contributed by atoms with van der Waals surface area (Å²) < 4.78 is 5.01. The van der Waals surface area contributed by atoms with Crippen LogP contribution < -0.4 is 4.90 Å². The summed E-state index contributed by atoms with van der Waals surface area (Å²) in [7, 11) is 1.62. The fourth-order valence-corrected chi connectivity index (χ4v) is 1.38. The number of carboxylic acids is 1. The van der Waals surface area contributed by atoms with Gasteiger partial charge in [0, 0.05) is 25.9 Å². The van der Waals surface area contributed by atoms with E-state index in [1.54, 1.807) is 7.11 Å². The van der Waals surface area contributed by atoms with Crippen LogP contribution in [-0.4, -0.2) is 47.3 Å². The second-order valence-corrected chi connectivity index (χ2v) is 3.83. The number of rotatable bonds is 6. The number of nitrogens with zero attached hydrogens (tertiary/aromatic N) is 3. The number of hydrogen-bond donors (Lipinski definition) is 1. The van der Waals surface area contributed by atoms with Crippen LogP contribution in [0.25, 0.3) is 0 Å². The fraction of sp³-hybridized carbons (Fsp3) is 0.545. The standard InChI is InChI=1S/C11H17N3O3/c1-8(2)14(6-7-17-3)11-12-5-4-9(13-11)10(15)16/h4-5,8H,6-7H2,1-3H3,(H,15,16). The molecule has 0 bridgehead atoms. The van der Waals surface area contributed by atoms with Crippen molar-refractivity contribution in [1.82, 2.24) is 9.97 Å². The number of carboxylic acid groups (broad SMARTS) is 1. The molecule has 0 atom stereocenters. The molecule has 0 aliphatic carbocycles. The molecule has 1 aromatic rings. The first-order valence-electron chi connectivity index (χ1n) is 5.38. The Kier molecular flexibility index (Phi) is 4.84. The zero-order valence-electron chi connectivity index (χ0n) is 10.3. The van der Waals surface area contributed by atoms with Gasteiger partial charge >= 0.3 is 5.97 Å². The Morgan fingerprint density at radius 1 is 1.59 bits per heavy atom. The van der Waals surface area contributed by atoms with Crippen LogP contribution in [0.1, 0.15) is 24.3 Å². The molecule has 17 heavy (non-hydrogen) atoms. The van der Waals surface area contributed by atoms with E-state index in [1.807, 2.05) is 18.7 Å². The number of methoxy groups -OCH3 is 1. The van der Waals surface area contributed by atoms with Gasteiger partial charge in [-0.05, 0) is 19.9 Å². The van der Waals surface area contributed by atoms with Crippen LogP contribution in [-0.2, 0) is 4.74 Å². The van der Waals surface area contributed by atoms with Crippen molar-refractivity contribution in [3.8, 4) is 0 Å². The maximum Gasteiger partial charge on any atom is 0.354 e. The minimum absolute atomic E-state index is 0.00179. The molecule has 0 aliphatic rings. The van der Waals surface area contributed by atoms with Gasteiger partial charge in [-0.15, -0.1) is 0 Å². The van der Waals surface area contributed by atoms with Crippen LogP contribution in [0, 0.1) is 0 Å². The van der Waals surface area contributed by atoms with Gasteiger partial charge in [0.2, 0.25) is 5.95 Å². The lowest BCUT2D eigenvalue weighted by Crippen LogP contribution is -2.35.